The van der Waals surface area contributed by atoms with Gasteiger partial charge in [-0.05, 0) is 50.7 Å². The largest absolute Gasteiger partial charge is 0.454 e. The molecule has 0 atom stereocenters. The van der Waals surface area contributed by atoms with Gasteiger partial charge in [-0.25, -0.2) is 17.9 Å². The van der Waals surface area contributed by atoms with Crippen molar-refractivity contribution in [1.29, 1.82) is 0 Å². The Kier molecular flexibility index (Phi) is 6.17. The fraction of sp³-hybridized carbons (Fsp3) is 0.222. The molecule has 0 saturated carbocycles. The zero-order chi connectivity index (χ0) is 19.5. The Morgan fingerprint density at radius 3 is 2.46 bits per heavy atom. The molecule has 0 radical (unpaired) electrons. The summed E-state index contributed by atoms with van der Waals surface area (Å²) in [7, 11) is -2.59. The lowest BCUT2D eigenvalue weighted by atomic mass is 10.0. The van der Waals surface area contributed by atoms with Crippen LogP contribution in [0.5, 0.6) is 0 Å². The second-order valence-electron chi connectivity index (χ2n) is 5.67. The number of aryl methyl sites for hydroxylation is 2. The van der Waals surface area contributed by atoms with Crippen molar-refractivity contribution in [3.05, 3.63) is 63.7 Å². The maximum atomic E-state index is 12.3. The van der Waals surface area contributed by atoms with Gasteiger partial charge in [0.2, 0.25) is 15.8 Å². The molecule has 0 aliphatic rings. The highest BCUT2D eigenvalue weighted by atomic mass is 35.5. The number of hydrogen-bond acceptors (Lipinski definition) is 5. The minimum atomic E-state index is -3.83. The van der Waals surface area contributed by atoms with E-state index in [0.717, 1.165) is 17.2 Å². The average Bonchev–Trinajstić information content (AvgIpc) is 2.61. The van der Waals surface area contributed by atoms with Gasteiger partial charge in [0.25, 0.3) is 0 Å². The molecule has 6 nitrogen and oxygen atoms in total. The van der Waals surface area contributed by atoms with Crippen LogP contribution in [0.15, 0.2) is 41.3 Å². The summed E-state index contributed by atoms with van der Waals surface area (Å²) in [5.74, 6) is -1.15. The number of benzene rings is 2. The van der Waals surface area contributed by atoms with Crippen LogP contribution in [0.1, 0.15) is 31.8 Å². The zero-order valence-corrected chi connectivity index (χ0v) is 16.1. The molecule has 0 unspecified atom stereocenters. The molecule has 0 aliphatic heterocycles. The van der Waals surface area contributed by atoms with E-state index < -0.39 is 22.6 Å². The smallest absolute Gasteiger partial charge is 0.338 e. The van der Waals surface area contributed by atoms with Crippen molar-refractivity contribution in [3.63, 3.8) is 0 Å². The van der Waals surface area contributed by atoms with Crippen molar-refractivity contribution in [3.8, 4) is 0 Å². The van der Waals surface area contributed by atoms with Crippen molar-refractivity contribution < 1.29 is 22.7 Å². The second kappa shape index (κ2) is 7.99. The minimum Gasteiger partial charge on any atom is -0.454 e. The van der Waals surface area contributed by atoms with Gasteiger partial charge in [0, 0.05) is 5.56 Å². The van der Waals surface area contributed by atoms with Crippen LogP contribution in [0.2, 0.25) is 5.02 Å². The van der Waals surface area contributed by atoms with E-state index in [1.54, 1.807) is 13.0 Å². The van der Waals surface area contributed by atoms with Gasteiger partial charge < -0.3 is 4.74 Å². The van der Waals surface area contributed by atoms with Gasteiger partial charge in [-0.3, -0.25) is 4.79 Å². The van der Waals surface area contributed by atoms with Gasteiger partial charge in [0.1, 0.15) is 4.90 Å². The minimum absolute atomic E-state index is 0.0167. The third kappa shape index (κ3) is 4.49. The van der Waals surface area contributed by atoms with Crippen LogP contribution in [0.3, 0.4) is 0 Å². The monoisotopic (exact) mass is 395 g/mol. The molecule has 0 saturated heterocycles. The predicted octanol–water partition coefficient (Wildman–Crippen LogP) is 2.90. The maximum Gasteiger partial charge on any atom is 0.338 e. The summed E-state index contributed by atoms with van der Waals surface area (Å²) in [5.41, 5.74) is 2.17. The van der Waals surface area contributed by atoms with E-state index in [4.69, 9.17) is 16.3 Å². The van der Waals surface area contributed by atoms with Gasteiger partial charge in [0.15, 0.2) is 6.61 Å². The zero-order valence-electron chi connectivity index (χ0n) is 14.5. The summed E-state index contributed by atoms with van der Waals surface area (Å²) in [4.78, 5) is 24.2. The lowest BCUT2D eigenvalue weighted by Gasteiger charge is -2.09. The number of carbonyl (C=O) groups is 2. The molecule has 138 valence electrons. The third-order valence-electron chi connectivity index (χ3n) is 3.75. The normalized spacial score (nSPS) is 11.2. The number of Topliss-reactive ketones (excluding diaryl/α,β-unsaturated/α-hetero) is 1. The number of carbonyl (C=O) groups excluding carboxylic acids is 2. The fourth-order valence-corrected chi connectivity index (χ4v) is 3.52. The molecule has 2 aromatic carbocycles. The standard InChI is InChI=1S/C18H18ClNO5S/c1-11-4-5-12(2)14(8-11)16(21)10-25-18(22)13-6-7-15(19)17(9-13)26(23,24)20-3/h4-9,20H,10H2,1-3H3. The summed E-state index contributed by atoms with van der Waals surface area (Å²) in [6.07, 6.45) is 0. The summed E-state index contributed by atoms with van der Waals surface area (Å²) in [5, 5.41) is -0.0256. The van der Waals surface area contributed by atoms with Crippen molar-refractivity contribution in [1.82, 2.24) is 4.72 Å². The van der Waals surface area contributed by atoms with Crippen LogP contribution in [-0.2, 0) is 14.8 Å². The van der Waals surface area contributed by atoms with E-state index in [-0.39, 0.29) is 21.3 Å². The number of hydrogen-bond donors (Lipinski definition) is 1. The number of sulfonamides is 1. The Labute approximate surface area is 157 Å². The van der Waals surface area contributed by atoms with E-state index in [1.165, 1.54) is 19.2 Å². The Morgan fingerprint density at radius 1 is 1.12 bits per heavy atom. The van der Waals surface area contributed by atoms with Crippen molar-refractivity contribution in [2.45, 2.75) is 18.7 Å². The van der Waals surface area contributed by atoms with Crippen LogP contribution < -0.4 is 4.72 Å². The van der Waals surface area contributed by atoms with Crippen LogP contribution in [-0.4, -0.2) is 33.8 Å². The Balaban J connectivity index is 2.17. The second-order valence-corrected chi connectivity index (χ2v) is 7.93. The Hall–Kier alpha value is -2.22. The predicted molar refractivity (Wildman–Crippen MR) is 98.2 cm³/mol. The van der Waals surface area contributed by atoms with Gasteiger partial charge in [-0.2, -0.15) is 0 Å². The van der Waals surface area contributed by atoms with Gasteiger partial charge in [-0.15, -0.1) is 0 Å². The first kappa shape index (κ1) is 20.1. The van der Waals surface area contributed by atoms with E-state index in [0.29, 0.717) is 5.56 Å². The summed E-state index contributed by atoms with van der Waals surface area (Å²) in [6, 6.07) is 9.16. The van der Waals surface area contributed by atoms with E-state index in [1.807, 2.05) is 19.1 Å². The lowest BCUT2D eigenvalue weighted by molar-refractivity contribution is 0.0474. The molecule has 0 spiro atoms. The van der Waals surface area contributed by atoms with Gasteiger partial charge in [-0.1, -0.05) is 29.3 Å². The molecule has 2 rings (SSSR count). The summed E-state index contributed by atoms with van der Waals surface area (Å²) >= 11 is 5.88. The summed E-state index contributed by atoms with van der Waals surface area (Å²) in [6.45, 7) is 3.21. The van der Waals surface area contributed by atoms with Crippen LogP contribution in [0.25, 0.3) is 0 Å². The van der Waals surface area contributed by atoms with Crippen molar-refractivity contribution in [2.75, 3.05) is 13.7 Å². The molecule has 0 aromatic heterocycles. The number of halogens is 1. The molecular weight excluding hydrogens is 378 g/mol. The van der Waals surface area contributed by atoms with Crippen molar-refractivity contribution in [2.24, 2.45) is 0 Å². The molecule has 2 aromatic rings. The number of nitrogens with one attached hydrogen (secondary N) is 1. The topological polar surface area (TPSA) is 89.5 Å². The molecule has 26 heavy (non-hydrogen) atoms. The Morgan fingerprint density at radius 2 is 1.81 bits per heavy atom. The summed E-state index contributed by atoms with van der Waals surface area (Å²) < 4.78 is 31.0. The number of ether oxygens (including phenoxy) is 1. The molecule has 8 heteroatoms. The highest BCUT2D eigenvalue weighted by Gasteiger charge is 2.20. The third-order valence-corrected chi connectivity index (χ3v) is 5.65. The molecule has 0 fully saturated rings. The Bertz CT molecular complexity index is 970. The first-order chi connectivity index (χ1) is 12.2. The number of ketones is 1. The molecule has 1 N–H and O–H groups in total. The van der Waals surface area contributed by atoms with E-state index in [9.17, 15) is 18.0 Å². The molecular formula is C18H18ClNO5S. The van der Waals surface area contributed by atoms with Gasteiger partial charge >= 0.3 is 5.97 Å². The SMILES string of the molecule is CNS(=O)(=O)c1cc(C(=O)OCC(=O)c2cc(C)ccc2C)ccc1Cl. The first-order valence-corrected chi connectivity index (χ1v) is 9.52. The molecule has 0 bridgehead atoms. The fourth-order valence-electron chi connectivity index (χ4n) is 2.27. The highest BCUT2D eigenvalue weighted by Crippen LogP contribution is 2.23. The maximum absolute atomic E-state index is 12.3. The number of rotatable bonds is 6. The molecule has 0 amide bonds. The number of esters is 1. The highest BCUT2D eigenvalue weighted by molar-refractivity contribution is 7.89. The average molecular weight is 396 g/mol. The first-order valence-electron chi connectivity index (χ1n) is 7.66. The quantitative estimate of drug-likeness (QED) is 0.600. The molecule has 0 aliphatic carbocycles. The van der Waals surface area contributed by atoms with Crippen molar-refractivity contribution >= 4 is 33.4 Å². The van der Waals surface area contributed by atoms with E-state index >= 15 is 0 Å². The van der Waals surface area contributed by atoms with Crippen LogP contribution in [0.4, 0.5) is 0 Å². The lowest BCUT2D eigenvalue weighted by Crippen LogP contribution is -2.20. The molecule has 0 heterocycles. The van der Waals surface area contributed by atoms with E-state index in [2.05, 4.69) is 4.72 Å². The van der Waals surface area contributed by atoms with Crippen LogP contribution in [0, 0.1) is 13.8 Å². The van der Waals surface area contributed by atoms with Crippen LogP contribution >= 0.6 is 11.6 Å². The van der Waals surface area contributed by atoms with Gasteiger partial charge in [0.05, 0.1) is 10.6 Å².